The first-order chi connectivity index (χ1) is 62.4. The highest BCUT2D eigenvalue weighted by Gasteiger charge is 2.69. The number of allylic oxidation sites excluding steroid dienone is 5. The third-order valence-electron chi connectivity index (χ3n) is 12.9. The summed E-state index contributed by atoms with van der Waals surface area (Å²) in [5.74, 6) is -12.8. The predicted molar refractivity (Wildman–Crippen MR) is 484 cm³/mol. The van der Waals surface area contributed by atoms with E-state index < -0.39 is 155 Å². The maximum atomic E-state index is 12.9. The molecule has 1 rings (SSSR count). The van der Waals surface area contributed by atoms with Crippen molar-refractivity contribution in [1.29, 1.82) is 0 Å². The maximum absolute atomic E-state index is 12.9. The summed E-state index contributed by atoms with van der Waals surface area (Å²) in [5.41, 5.74) is -9.95. The van der Waals surface area contributed by atoms with Gasteiger partial charge >= 0.3 is 90.8 Å². The number of alkyl halides is 18. The van der Waals surface area contributed by atoms with Gasteiger partial charge in [-0.25, -0.2) is 47.5 Å². The zero-order chi connectivity index (χ0) is 113. The van der Waals surface area contributed by atoms with Gasteiger partial charge in [-0.3, -0.25) is 24.0 Å². The van der Waals surface area contributed by atoms with Crippen LogP contribution in [0.5, 0.6) is 5.75 Å². The van der Waals surface area contributed by atoms with Crippen molar-refractivity contribution in [3.63, 3.8) is 0 Å². The van der Waals surface area contributed by atoms with Gasteiger partial charge in [0, 0.05) is 42.4 Å². The number of benzene rings is 1. The Morgan fingerprint density at radius 2 is 0.600 bits per heavy atom. The van der Waals surface area contributed by atoms with Crippen LogP contribution in [0, 0.1) is 5.41 Å². The zero-order valence-electron chi connectivity index (χ0n) is 80.9. The molecule has 0 radical (unpaired) electrons. The minimum absolute atomic E-state index is 0. The van der Waals surface area contributed by atoms with E-state index in [0.717, 1.165) is 58.1 Å². The lowest BCUT2D eigenvalue weighted by Gasteiger charge is -2.34. The molecule has 0 aliphatic rings. The quantitative estimate of drug-likeness (QED) is 0.0157. The third kappa shape index (κ3) is 98.6. The van der Waals surface area contributed by atoms with Gasteiger partial charge in [0.25, 0.3) is 0 Å². The van der Waals surface area contributed by atoms with Crippen molar-refractivity contribution in [2.75, 3.05) is 79.8 Å². The van der Waals surface area contributed by atoms with Crippen LogP contribution in [0.25, 0.3) is 0 Å². The largest absolute Gasteiger partial charge is 0.464 e. The van der Waals surface area contributed by atoms with E-state index in [0.29, 0.717) is 61.7 Å². The van der Waals surface area contributed by atoms with Gasteiger partial charge in [0.2, 0.25) is 17.5 Å². The Morgan fingerprint density at radius 3 is 0.800 bits per heavy atom. The summed E-state index contributed by atoms with van der Waals surface area (Å²) in [6.07, 6.45) is -25.5. The molecule has 1 aromatic rings. The predicted octanol–water partition coefficient (Wildman–Crippen LogP) is 24.1. The molecule has 1 aromatic carbocycles. The summed E-state index contributed by atoms with van der Waals surface area (Å²) >= 11 is 0. The number of halogens is 22. The van der Waals surface area contributed by atoms with Crippen molar-refractivity contribution in [3.05, 3.63) is 202 Å². The number of methoxy groups -OCH3 is 1. The fraction of sp³-hybridized carbons (Fsp3) is 0.484. The highest BCUT2D eigenvalue weighted by molar-refractivity contribution is 5.94. The van der Waals surface area contributed by atoms with E-state index in [2.05, 4.69) is 130 Å². The second-order valence-electron chi connectivity index (χ2n) is 25.2. The molecule has 0 aliphatic heterocycles. The van der Waals surface area contributed by atoms with Gasteiger partial charge in [-0.15, -0.1) is 0 Å². The molecular weight excluding hydrogens is 1930 g/mol. The Hall–Kier alpha value is -12.5. The molecule has 47 heteroatoms. The van der Waals surface area contributed by atoms with Crippen LogP contribution in [-0.4, -0.2) is 199 Å². The van der Waals surface area contributed by atoms with Crippen molar-refractivity contribution in [2.45, 2.75) is 215 Å². The van der Waals surface area contributed by atoms with E-state index in [4.69, 9.17) is 14.2 Å². The van der Waals surface area contributed by atoms with Gasteiger partial charge < -0.3 is 52.1 Å². The first-order valence-electron chi connectivity index (χ1n) is 39.0. The number of hydrogen-bond acceptors (Lipinski definition) is 25. The summed E-state index contributed by atoms with van der Waals surface area (Å²) in [7, 11) is 1.09. The van der Waals surface area contributed by atoms with E-state index in [-0.39, 0.29) is 107 Å². The van der Waals surface area contributed by atoms with E-state index in [1.54, 1.807) is 41.5 Å². The van der Waals surface area contributed by atoms with E-state index in [1.807, 2.05) is 34.6 Å². The van der Waals surface area contributed by atoms with Gasteiger partial charge in [-0.2, -0.15) is 92.2 Å². The number of ketones is 5. The average molecular weight is 2070 g/mol. The standard InChI is InChI=1S/C14H12F6O2.C11H14F6O3.C7H9F3O2.C7H11FO3.C7H12O2.C6H10O2.C5H5F3O.C5H7FO2.C5H8O2.2C5H8O.C4H5FO2.C4H5FO.C4H6O.C2H6.2CH4/c1-8(2)11(21)22-10-6-4-9(5-7-10)12(3,13(15,16)17)14(18,19)20;1-7(2)8(18)20-5-4-19-6-9(3,10(12,13)14)11(15,16)17;1-3-4-12-6(11)5(2)7(8,9)10;1-3-10-4-5-11-7(9)6(2)8;1-4-5-9-7(8)6(2)3;1-3-5-8-6(7)4-2;1-3(4(2)9)5(6,7)8;1-3-8-5(7)4(2)6;1-3-5(6)7-4-2;2*1-4(2)5(3)6;1-3(5)4(6)7-2;1-3(5)4(2)6;1-3-4(2)5;1-2;;/h4-7H,1H2,2-3H3;1,4-6H2,2-3H3;2-4H2,1H3;2-5H2,1H3;2,4-5H2,1,3H3;4H,2-3,5H2,1H3;1H2,2H3;2-3H2,1H3;3H,1,4H2,2H3;2*1H2,2-3H3;1H2,2H3;1H2,2H3;3H,1H2,2H3;1-2H3;2*1H4. The van der Waals surface area contributed by atoms with Crippen LogP contribution in [-0.2, 0) is 120 Å². The number of carbonyl (C=O) groups is 14. The fourth-order valence-electron chi connectivity index (χ4n) is 4.57. The SMILES string of the molecule is C.C.C=C(C(=O)OCCC)C(F)(F)F.C=C(C(C)=O)C(F)(F)F.C=C(C)C(=O)OCCC.C=C(C)C(=O)OCCOCC(C)(C(F)(F)F)C(F)(F)F.C=C(C)C(=O)Oc1ccc(C(C)(C(F)(F)F)C(F)(F)F)cc1.C=C(C)C(C)=O.C=C(C)C(C)=O.C=C(F)C(=O)OC.C=C(F)C(=O)OCC.C=C(F)C(=O)OCCOCC.C=C(F)C(C)=O.C=CC(=O)OCC.C=CC(=O)OCCC.C=CC(C)=O.CC. The van der Waals surface area contributed by atoms with Gasteiger partial charge in [0.05, 0.1) is 65.5 Å². The number of hydrogen-bond donors (Lipinski definition) is 0. The smallest absolute Gasteiger partial charge is 0.422 e. The van der Waals surface area contributed by atoms with Crippen LogP contribution in [0.4, 0.5) is 96.6 Å². The Morgan fingerprint density at radius 1 is 0.321 bits per heavy atom. The van der Waals surface area contributed by atoms with Gasteiger partial charge in [-0.1, -0.05) is 154 Å². The monoisotopic (exact) mass is 2070 g/mol. The summed E-state index contributed by atoms with van der Waals surface area (Å²) in [5, 5.41) is 0. The van der Waals surface area contributed by atoms with Crippen LogP contribution >= 0.6 is 0 Å². The van der Waals surface area contributed by atoms with Crippen LogP contribution < -0.4 is 4.74 Å². The van der Waals surface area contributed by atoms with E-state index in [9.17, 15) is 164 Å². The van der Waals surface area contributed by atoms with Crippen molar-refractivity contribution in [2.24, 2.45) is 5.41 Å². The Kier molecular flexibility index (Phi) is 106. The molecule has 0 atom stereocenters. The number of esters is 9. The Labute approximate surface area is 804 Å². The highest BCUT2D eigenvalue weighted by atomic mass is 19.4. The topological polar surface area (TPSA) is 341 Å². The molecule has 0 amide bonds. The van der Waals surface area contributed by atoms with Crippen LogP contribution in [0.1, 0.15) is 178 Å². The second kappa shape index (κ2) is 90.4. The molecule has 0 spiro atoms. The molecule has 0 aliphatic carbocycles. The molecule has 0 bridgehead atoms. The summed E-state index contributed by atoms with van der Waals surface area (Å²) in [4.78, 5) is 143. The maximum Gasteiger partial charge on any atom is 0.422 e. The highest BCUT2D eigenvalue weighted by Crippen LogP contribution is 2.52. The number of Topliss-reactive ketones (excluding diaryl/α,β-unsaturated/α-hetero) is 4. The summed E-state index contributed by atoms with van der Waals surface area (Å²) in [6.45, 7) is 71.3. The first kappa shape index (κ1) is 164. The van der Waals surface area contributed by atoms with Gasteiger partial charge in [0.1, 0.15) is 24.5 Å². The molecule has 0 heterocycles. The average Bonchev–Trinajstić information content (AvgIpc) is 0.747. The molecule has 810 valence electrons. The van der Waals surface area contributed by atoms with Crippen molar-refractivity contribution < 1.29 is 216 Å². The van der Waals surface area contributed by atoms with Crippen LogP contribution in [0.3, 0.4) is 0 Å². The van der Waals surface area contributed by atoms with E-state index in [1.165, 1.54) is 40.7 Å². The molecule has 25 nitrogen and oxygen atoms in total. The lowest BCUT2D eigenvalue weighted by molar-refractivity contribution is -0.345. The van der Waals surface area contributed by atoms with Crippen molar-refractivity contribution in [3.8, 4) is 5.75 Å². The van der Waals surface area contributed by atoms with Gasteiger partial charge in [0.15, 0.2) is 45.6 Å². The third-order valence-corrected chi connectivity index (χ3v) is 12.9. The minimum Gasteiger partial charge on any atom is -0.464 e. The normalized spacial score (nSPS) is 9.82. The first-order valence-corrected chi connectivity index (χ1v) is 39.0. The lowest BCUT2D eigenvalue weighted by Crippen LogP contribution is -2.51. The molecule has 0 aromatic heterocycles. The molecule has 0 N–H and O–H groups in total. The Bertz CT molecular complexity index is 3900. The molecule has 0 fully saturated rings. The lowest BCUT2D eigenvalue weighted by atomic mass is 9.81. The molecule has 0 unspecified atom stereocenters. The minimum atomic E-state index is -5.53. The molecule has 0 saturated heterocycles. The van der Waals surface area contributed by atoms with Crippen LogP contribution in [0.15, 0.2) is 197 Å². The summed E-state index contributed by atoms with van der Waals surface area (Å²) in [6, 6.07) is 2.99. The Balaban J connectivity index is -0.0000000864. The van der Waals surface area contributed by atoms with Crippen molar-refractivity contribution in [1.82, 2.24) is 0 Å². The van der Waals surface area contributed by atoms with E-state index >= 15 is 0 Å². The van der Waals surface area contributed by atoms with Crippen LogP contribution in [0.2, 0.25) is 0 Å². The molecule has 140 heavy (non-hydrogen) atoms. The number of ether oxygens (including phenoxy) is 11. The van der Waals surface area contributed by atoms with Crippen molar-refractivity contribution >= 4 is 82.6 Å². The molecule has 0 saturated carbocycles. The fourth-order valence-corrected chi connectivity index (χ4v) is 4.57. The zero-order valence-corrected chi connectivity index (χ0v) is 80.9. The molecular formula is C93H134F22O25. The number of carbonyl (C=O) groups excluding carboxylic acids is 14. The second-order valence-corrected chi connectivity index (χ2v) is 25.2. The summed E-state index contributed by atoms with van der Waals surface area (Å²) < 4.78 is 316. The van der Waals surface area contributed by atoms with Gasteiger partial charge in [-0.05, 0) is 151 Å². The number of rotatable bonds is 33.